The maximum atomic E-state index is 13.9. The highest BCUT2D eigenvalue weighted by Crippen LogP contribution is 2.43. The fraction of sp³-hybridized carbons (Fsp3) is 0.118. The highest BCUT2D eigenvalue weighted by atomic mass is 35.5. The van der Waals surface area contributed by atoms with E-state index in [0.29, 0.717) is 12.1 Å². The second-order valence-electron chi connectivity index (χ2n) is 9.52. The minimum absolute atomic E-state index is 0.257. The van der Waals surface area contributed by atoms with Crippen LogP contribution in [0.15, 0.2) is 140 Å². The highest BCUT2D eigenvalue weighted by molar-refractivity contribution is 6.32. The third-order valence-electron chi connectivity index (χ3n) is 7.09. The van der Waals surface area contributed by atoms with Gasteiger partial charge in [0.2, 0.25) is 0 Å². The van der Waals surface area contributed by atoms with Crippen LogP contribution in [0.4, 0.5) is 24.5 Å². The molecule has 0 radical (unpaired) electrons. The van der Waals surface area contributed by atoms with Gasteiger partial charge in [-0.1, -0.05) is 121 Å². The van der Waals surface area contributed by atoms with Crippen molar-refractivity contribution < 1.29 is 13.2 Å². The summed E-state index contributed by atoms with van der Waals surface area (Å²) in [5.74, 6) is 0. The lowest BCUT2D eigenvalue weighted by Gasteiger charge is -2.41. The summed E-state index contributed by atoms with van der Waals surface area (Å²) in [7, 11) is 0. The Morgan fingerprint density at radius 1 is 0.538 bits per heavy atom. The zero-order valence-electron chi connectivity index (χ0n) is 21.2. The molecule has 0 aliphatic rings. The second kappa shape index (κ2) is 11.4. The molecule has 0 saturated heterocycles. The van der Waals surface area contributed by atoms with Gasteiger partial charge >= 0.3 is 6.18 Å². The molecule has 0 saturated carbocycles. The molecule has 0 fully saturated rings. The summed E-state index contributed by atoms with van der Waals surface area (Å²) in [6, 6.07) is 44.2. The quantitative estimate of drug-likeness (QED) is 0.189. The first kappa shape index (κ1) is 26.6. The average Bonchev–Trinajstić information content (AvgIpc) is 2.97. The standard InChI is InChI=1S/C34H27ClF3N/c35-32-26(14-13-23-31(32)34(36,37)38)24-33(27-15-5-1-6-16-27,28-17-7-2-8-18-28)25-39(29-19-9-3-10-20-29)30-21-11-4-12-22-30/h1-23H,24-25H2. The Kier molecular flexibility index (Phi) is 7.76. The van der Waals surface area contributed by atoms with Crippen LogP contribution in [0, 0.1) is 0 Å². The first-order valence-corrected chi connectivity index (χ1v) is 13.1. The number of nitrogens with zero attached hydrogens (tertiary/aromatic N) is 1. The third-order valence-corrected chi connectivity index (χ3v) is 7.54. The van der Waals surface area contributed by atoms with Crippen molar-refractivity contribution in [2.45, 2.75) is 18.0 Å². The Morgan fingerprint density at radius 3 is 1.41 bits per heavy atom. The number of alkyl halides is 3. The van der Waals surface area contributed by atoms with Gasteiger partial charge in [-0.05, 0) is 53.4 Å². The van der Waals surface area contributed by atoms with E-state index in [2.05, 4.69) is 4.90 Å². The maximum absolute atomic E-state index is 13.9. The molecule has 5 heteroatoms. The van der Waals surface area contributed by atoms with Crippen molar-refractivity contribution in [2.24, 2.45) is 0 Å². The summed E-state index contributed by atoms with van der Waals surface area (Å²) in [5, 5.41) is -0.257. The molecule has 0 aliphatic carbocycles. The Morgan fingerprint density at radius 2 is 0.974 bits per heavy atom. The van der Waals surface area contributed by atoms with Crippen molar-refractivity contribution in [3.8, 4) is 0 Å². The van der Waals surface area contributed by atoms with E-state index in [-0.39, 0.29) is 11.4 Å². The Balaban J connectivity index is 1.75. The molecular formula is C34H27ClF3N. The Labute approximate surface area is 232 Å². The summed E-state index contributed by atoms with van der Waals surface area (Å²) in [5.41, 5.74) is 2.82. The van der Waals surface area contributed by atoms with Crippen molar-refractivity contribution in [1.29, 1.82) is 0 Å². The average molecular weight is 542 g/mol. The first-order valence-electron chi connectivity index (χ1n) is 12.7. The summed E-state index contributed by atoms with van der Waals surface area (Å²) in [6.07, 6.45) is -4.28. The molecule has 5 aromatic rings. The van der Waals surface area contributed by atoms with E-state index in [1.54, 1.807) is 6.07 Å². The lowest BCUT2D eigenvalue weighted by atomic mass is 9.69. The van der Waals surface area contributed by atoms with Gasteiger partial charge in [-0.3, -0.25) is 0 Å². The molecule has 5 aromatic carbocycles. The predicted molar refractivity (Wildman–Crippen MR) is 154 cm³/mol. The lowest BCUT2D eigenvalue weighted by Crippen LogP contribution is -2.42. The number of hydrogen-bond donors (Lipinski definition) is 0. The van der Waals surface area contributed by atoms with Gasteiger partial charge in [0.1, 0.15) is 0 Å². The van der Waals surface area contributed by atoms with Gasteiger partial charge in [0.15, 0.2) is 0 Å². The molecule has 0 heterocycles. The number of para-hydroxylation sites is 2. The summed E-state index contributed by atoms with van der Waals surface area (Å²) in [4.78, 5) is 2.22. The first-order chi connectivity index (χ1) is 18.9. The van der Waals surface area contributed by atoms with E-state index in [4.69, 9.17) is 11.6 Å². The SMILES string of the molecule is FC(F)(F)c1cccc(CC(CN(c2ccccc2)c2ccccc2)(c2ccccc2)c2ccccc2)c1Cl. The molecular weight excluding hydrogens is 515 g/mol. The van der Waals surface area contributed by atoms with E-state index in [9.17, 15) is 13.2 Å². The zero-order valence-corrected chi connectivity index (χ0v) is 21.9. The largest absolute Gasteiger partial charge is 0.417 e. The second-order valence-corrected chi connectivity index (χ2v) is 9.90. The summed E-state index contributed by atoms with van der Waals surface area (Å²) in [6.45, 7) is 0.460. The summed E-state index contributed by atoms with van der Waals surface area (Å²) < 4.78 is 41.6. The lowest BCUT2D eigenvalue weighted by molar-refractivity contribution is -0.137. The number of anilines is 2. The molecule has 0 amide bonds. The smallest absolute Gasteiger partial charge is 0.340 e. The van der Waals surface area contributed by atoms with Gasteiger partial charge < -0.3 is 4.90 Å². The van der Waals surface area contributed by atoms with Crippen molar-refractivity contribution >= 4 is 23.0 Å². The van der Waals surface area contributed by atoms with Gasteiger partial charge in [-0.15, -0.1) is 0 Å². The van der Waals surface area contributed by atoms with Gasteiger partial charge in [0, 0.05) is 23.3 Å². The Hall–Kier alpha value is -4.02. The van der Waals surface area contributed by atoms with E-state index in [0.717, 1.165) is 28.6 Å². The minimum Gasteiger partial charge on any atom is -0.340 e. The van der Waals surface area contributed by atoms with E-state index < -0.39 is 17.2 Å². The van der Waals surface area contributed by atoms with Crippen LogP contribution in [0.1, 0.15) is 22.3 Å². The van der Waals surface area contributed by atoms with Crippen molar-refractivity contribution in [3.05, 3.63) is 167 Å². The highest BCUT2D eigenvalue weighted by Gasteiger charge is 2.40. The molecule has 0 N–H and O–H groups in total. The van der Waals surface area contributed by atoms with Crippen LogP contribution in [-0.4, -0.2) is 6.54 Å². The molecule has 196 valence electrons. The molecule has 0 aliphatic heterocycles. The fourth-order valence-corrected chi connectivity index (χ4v) is 5.50. The van der Waals surface area contributed by atoms with Gasteiger partial charge in [-0.25, -0.2) is 0 Å². The van der Waals surface area contributed by atoms with Crippen LogP contribution >= 0.6 is 11.6 Å². The molecule has 0 atom stereocenters. The number of halogens is 4. The fourth-order valence-electron chi connectivity index (χ4n) is 5.20. The van der Waals surface area contributed by atoms with Crippen LogP contribution in [0.25, 0.3) is 0 Å². The van der Waals surface area contributed by atoms with Crippen molar-refractivity contribution in [1.82, 2.24) is 0 Å². The number of hydrogen-bond acceptors (Lipinski definition) is 1. The van der Waals surface area contributed by atoms with E-state index in [1.165, 1.54) is 6.07 Å². The van der Waals surface area contributed by atoms with Gasteiger partial charge in [-0.2, -0.15) is 13.2 Å². The van der Waals surface area contributed by atoms with E-state index >= 15 is 0 Å². The number of benzene rings is 5. The van der Waals surface area contributed by atoms with Crippen LogP contribution < -0.4 is 4.90 Å². The van der Waals surface area contributed by atoms with Crippen LogP contribution in [-0.2, 0) is 18.0 Å². The van der Waals surface area contributed by atoms with E-state index in [1.807, 2.05) is 121 Å². The molecule has 0 spiro atoms. The third kappa shape index (κ3) is 5.71. The Bertz CT molecular complexity index is 1410. The molecule has 0 aromatic heterocycles. The molecule has 1 nitrogen and oxygen atoms in total. The molecule has 5 rings (SSSR count). The normalized spacial score (nSPS) is 11.8. The number of rotatable bonds is 8. The molecule has 0 bridgehead atoms. The van der Waals surface area contributed by atoms with Crippen molar-refractivity contribution in [2.75, 3.05) is 11.4 Å². The van der Waals surface area contributed by atoms with Crippen LogP contribution in [0.2, 0.25) is 5.02 Å². The molecule has 0 unspecified atom stereocenters. The predicted octanol–water partition coefficient (Wildman–Crippen LogP) is 9.73. The van der Waals surface area contributed by atoms with Gasteiger partial charge in [0.05, 0.1) is 10.6 Å². The summed E-state index contributed by atoms with van der Waals surface area (Å²) >= 11 is 6.51. The monoisotopic (exact) mass is 541 g/mol. The van der Waals surface area contributed by atoms with Gasteiger partial charge in [0.25, 0.3) is 0 Å². The van der Waals surface area contributed by atoms with Crippen molar-refractivity contribution in [3.63, 3.8) is 0 Å². The molecule has 39 heavy (non-hydrogen) atoms. The topological polar surface area (TPSA) is 3.24 Å². The van der Waals surface area contributed by atoms with Crippen LogP contribution in [0.3, 0.4) is 0 Å². The van der Waals surface area contributed by atoms with Crippen LogP contribution in [0.5, 0.6) is 0 Å². The zero-order chi connectivity index (χ0) is 27.3. The maximum Gasteiger partial charge on any atom is 0.417 e. The minimum atomic E-state index is -4.55.